The molecule has 0 atom stereocenters. The SMILES string of the molecule is O=[N+]([O-])c1ccc(-c2nc3ccc(F)cc3o2)cc1. The lowest BCUT2D eigenvalue weighted by Gasteiger charge is -1.94. The zero-order valence-corrected chi connectivity index (χ0v) is 9.54. The minimum Gasteiger partial charge on any atom is -0.436 e. The van der Waals surface area contributed by atoms with Gasteiger partial charge in [-0.05, 0) is 24.3 Å². The number of fused-ring (bicyclic) bond motifs is 1. The molecule has 3 aromatic rings. The third-order valence-corrected chi connectivity index (χ3v) is 2.68. The number of halogens is 1. The van der Waals surface area contributed by atoms with Gasteiger partial charge in [-0.25, -0.2) is 9.37 Å². The molecule has 6 heteroatoms. The molecule has 0 saturated heterocycles. The van der Waals surface area contributed by atoms with E-state index >= 15 is 0 Å². The highest BCUT2D eigenvalue weighted by molar-refractivity contribution is 5.76. The van der Waals surface area contributed by atoms with Crippen LogP contribution >= 0.6 is 0 Å². The van der Waals surface area contributed by atoms with Crippen molar-refractivity contribution in [3.05, 3.63) is 58.4 Å². The van der Waals surface area contributed by atoms with E-state index in [1.54, 1.807) is 12.1 Å². The van der Waals surface area contributed by atoms with Crippen LogP contribution in [0.5, 0.6) is 0 Å². The molecule has 0 saturated carbocycles. The summed E-state index contributed by atoms with van der Waals surface area (Å²) in [6.07, 6.45) is 0. The molecule has 2 aromatic carbocycles. The molecular formula is C13H7FN2O3. The fourth-order valence-corrected chi connectivity index (χ4v) is 1.75. The van der Waals surface area contributed by atoms with Crippen LogP contribution in [-0.4, -0.2) is 9.91 Å². The molecule has 0 amide bonds. The normalized spacial score (nSPS) is 10.8. The highest BCUT2D eigenvalue weighted by Crippen LogP contribution is 2.26. The van der Waals surface area contributed by atoms with Gasteiger partial charge in [-0.15, -0.1) is 0 Å². The van der Waals surface area contributed by atoms with Crippen LogP contribution in [0.3, 0.4) is 0 Å². The molecule has 3 rings (SSSR count). The van der Waals surface area contributed by atoms with Crippen LogP contribution in [0.4, 0.5) is 10.1 Å². The molecule has 0 spiro atoms. The molecule has 0 bridgehead atoms. The first-order valence-electron chi connectivity index (χ1n) is 5.44. The van der Waals surface area contributed by atoms with E-state index in [0.717, 1.165) is 0 Å². The maximum absolute atomic E-state index is 13.0. The first-order valence-corrected chi connectivity index (χ1v) is 5.44. The van der Waals surface area contributed by atoms with E-state index in [0.29, 0.717) is 22.6 Å². The van der Waals surface area contributed by atoms with Gasteiger partial charge in [0.25, 0.3) is 5.69 Å². The van der Waals surface area contributed by atoms with Crippen molar-refractivity contribution in [3.8, 4) is 11.5 Å². The average molecular weight is 258 g/mol. The molecule has 1 aromatic heterocycles. The summed E-state index contributed by atoms with van der Waals surface area (Å²) in [5, 5.41) is 10.6. The number of hydrogen-bond acceptors (Lipinski definition) is 4. The molecule has 0 N–H and O–H groups in total. The van der Waals surface area contributed by atoms with E-state index < -0.39 is 10.7 Å². The summed E-state index contributed by atoms with van der Waals surface area (Å²) in [5.74, 6) is -0.102. The predicted octanol–water partition coefficient (Wildman–Crippen LogP) is 3.54. The number of rotatable bonds is 2. The maximum atomic E-state index is 13.0. The summed E-state index contributed by atoms with van der Waals surface area (Å²) in [5.41, 5.74) is 1.47. The van der Waals surface area contributed by atoms with Gasteiger partial charge in [0.15, 0.2) is 5.58 Å². The van der Waals surface area contributed by atoms with E-state index in [4.69, 9.17) is 4.42 Å². The van der Waals surface area contributed by atoms with Gasteiger partial charge >= 0.3 is 0 Å². The molecule has 0 unspecified atom stereocenters. The Balaban J connectivity index is 2.06. The van der Waals surface area contributed by atoms with E-state index in [2.05, 4.69) is 4.98 Å². The fourth-order valence-electron chi connectivity index (χ4n) is 1.75. The second-order valence-electron chi connectivity index (χ2n) is 3.94. The third-order valence-electron chi connectivity index (χ3n) is 2.68. The van der Waals surface area contributed by atoms with Crippen molar-refractivity contribution in [1.29, 1.82) is 0 Å². The van der Waals surface area contributed by atoms with Crippen molar-refractivity contribution in [2.24, 2.45) is 0 Å². The minimum atomic E-state index is -0.481. The Morgan fingerprint density at radius 1 is 1.16 bits per heavy atom. The van der Waals surface area contributed by atoms with Crippen LogP contribution in [0.15, 0.2) is 46.9 Å². The molecule has 1 heterocycles. The van der Waals surface area contributed by atoms with E-state index in [-0.39, 0.29) is 5.69 Å². The topological polar surface area (TPSA) is 69.2 Å². The number of non-ortho nitro benzene ring substituents is 1. The summed E-state index contributed by atoms with van der Waals surface area (Å²) in [6.45, 7) is 0. The monoisotopic (exact) mass is 258 g/mol. The minimum absolute atomic E-state index is 0.00842. The molecule has 0 aliphatic carbocycles. The Hall–Kier alpha value is -2.76. The summed E-state index contributed by atoms with van der Waals surface area (Å²) in [7, 11) is 0. The lowest BCUT2D eigenvalue weighted by Crippen LogP contribution is -1.87. The molecule has 0 aliphatic heterocycles. The van der Waals surface area contributed by atoms with Gasteiger partial charge in [-0.2, -0.15) is 0 Å². The zero-order chi connectivity index (χ0) is 13.4. The van der Waals surface area contributed by atoms with Crippen molar-refractivity contribution in [3.63, 3.8) is 0 Å². The van der Waals surface area contributed by atoms with Crippen LogP contribution in [0.1, 0.15) is 0 Å². The largest absolute Gasteiger partial charge is 0.436 e. The first kappa shape index (κ1) is 11.3. The highest BCUT2D eigenvalue weighted by Gasteiger charge is 2.11. The standard InChI is InChI=1S/C13H7FN2O3/c14-9-3-6-11-12(7-9)19-13(15-11)8-1-4-10(5-2-8)16(17)18/h1-7H. The van der Waals surface area contributed by atoms with Crippen LogP contribution in [0.25, 0.3) is 22.6 Å². The average Bonchev–Trinajstić information content (AvgIpc) is 2.81. The van der Waals surface area contributed by atoms with Gasteiger partial charge in [0.1, 0.15) is 11.3 Å². The lowest BCUT2D eigenvalue weighted by molar-refractivity contribution is -0.384. The lowest BCUT2D eigenvalue weighted by atomic mass is 10.2. The summed E-state index contributed by atoms with van der Waals surface area (Å²) < 4.78 is 18.4. The number of nitro groups is 1. The third kappa shape index (κ3) is 2.03. The van der Waals surface area contributed by atoms with Gasteiger partial charge in [-0.1, -0.05) is 0 Å². The molecule has 0 fully saturated rings. The Morgan fingerprint density at radius 3 is 2.58 bits per heavy atom. The van der Waals surface area contributed by atoms with Crippen molar-refractivity contribution in [2.45, 2.75) is 0 Å². The Labute approximate surface area is 106 Å². The molecular weight excluding hydrogens is 251 g/mol. The fraction of sp³-hybridized carbons (Fsp3) is 0. The van der Waals surface area contributed by atoms with Gasteiger partial charge in [0, 0.05) is 23.8 Å². The quantitative estimate of drug-likeness (QED) is 0.520. The highest BCUT2D eigenvalue weighted by atomic mass is 19.1. The molecule has 0 radical (unpaired) electrons. The van der Waals surface area contributed by atoms with Crippen LogP contribution < -0.4 is 0 Å². The number of nitrogens with zero attached hydrogens (tertiary/aromatic N) is 2. The smallest absolute Gasteiger partial charge is 0.269 e. The summed E-state index contributed by atoms with van der Waals surface area (Å²) >= 11 is 0. The van der Waals surface area contributed by atoms with Crippen LogP contribution in [0.2, 0.25) is 0 Å². The van der Waals surface area contributed by atoms with Crippen LogP contribution in [0, 0.1) is 15.9 Å². The van der Waals surface area contributed by atoms with Crippen molar-refractivity contribution in [2.75, 3.05) is 0 Å². The Kier molecular flexibility index (Phi) is 2.49. The maximum Gasteiger partial charge on any atom is 0.269 e. The second-order valence-corrected chi connectivity index (χ2v) is 3.94. The predicted molar refractivity (Wildman–Crippen MR) is 66.1 cm³/mol. The Bertz CT molecular complexity index is 765. The van der Waals surface area contributed by atoms with Gasteiger partial charge in [-0.3, -0.25) is 10.1 Å². The van der Waals surface area contributed by atoms with Crippen molar-refractivity contribution >= 4 is 16.8 Å². The number of nitro benzene ring substituents is 1. The second kappa shape index (κ2) is 4.16. The van der Waals surface area contributed by atoms with E-state index in [1.165, 1.54) is 30.3 Å². The van der Waals surface area contributed by atoms with Crippen molar-refractivity contribution in [1.82, 2.24) is 4.98 Å². The first-order chi connectivity index (χ1) is 9.13. The zero-order valence-electron chi connectivity index (χ0n) is 9.54. The Morgan fingerprint density at radius 2 is 1.89 bits per heavy atom. The molecule has 19 heavy (non-hydrogen) atoms. The molecule has 0 aliphatic rings. The number of hydrogen-bond donors (Lipinski definition) is 0. The van der Waals surface area contributed by atoms with Gasteiger partial charge < -0.3 is 4.42 Å². The molecule has 94 valence electrons. The van der Waals surface area contributed by atoms with Crippen LogP contribution in [-0.2, 0) is 0 Å². The molecule has 5 nitrogen and oxygen atoms in total. The number of benzene rings is 2. The number of oxazole rings is 1. The van der Waals surface area contributed by atoms with Crippen molar-refractivity contribution < 1.29 is 13.7 Å². The summed E-state index contributed by atoms with van der Waals surface area (Å²) in [6, 6.07) is 9.87. The van der Waals surface area contributed by atoms with E-state index in [9.17, 15) is 14.5 Å². The van der Waals surface area contributed by atoms with Gasteiger partial charge in [0.05, 0.1) is 4.92 Å². The summed E-state index contributed by atoms with van der Waals surface area (Å²) in [4.78, 5) is 14.3. The van der Waals surface area contributed by atoms with Gasteiger partial charge in [0.2, 0.25) is 5.89 Å². The van der Waals surface area contributed by atoms with E-state index in [1.807, 2.05) is 0 Å². The number of aromatic nitrogens is 1.